The van der Waals surface area contributed by atoms with E-state index in [1.54, 1.807) is 17.4 Å². The highest BCUT2D eigenvalue weighted by Crippen LogP contribution is 2.49. The molecule has 4 aromatic carbocycles. The molecule has 0 atom stereocenters. The molecule has 6 heteroatoms. The van der Waals surface area contributed by atoms with Crippen LogP contribution in [0.1, 0.15) is 29.9 Å². The molecule has 0 radical (unpaired) electrons. The summed E-state index contributed by atoms with van der Waals surface area (Å²) in [6.07, 6.45) is 1.43. The molecule has 0 fully saturated rings. The summed E-state index contributed by atoms with van der Waals surface area (Å²) in [7, 11) is 0. The summed E-state index contributed by atoms with van der Waals surface area (Å²) in [5.74, 6) is -1.22. The Morgan fingerprint density at radius 1 is 0.745 bits per heavy atom. The van der Waals surface area contributed by atoms with E-state index in [1.807, 2.05) is 12.1 Å². The van der Waals surface area contributed by atoms with E-state index in [4.69, 9.17) is 5.26 Å². The van der Waals surface area contributed by atoms with Gasteiger partial charge in [-0.3, -0.25) is 0 Å². The lowest BCUT2D eigenvalue weighted by atomic mass is 9.82. The van der Waals surface area contributed by atoms with E-state index >= 15 is 0 Å². The molecular weight excluding hydrogens is 617 g/mol. The van der Waals surface area contributed by atoms with Crippen molar-refractivity contribution in [3.8, 4) is 54.3 Å². The van der Waals surface area contributed by atoms with E-state index in [-0.39, 0.29) is 11.0 Å². The Morgan fingerprint density at radius 2 is 1.47 bits per heavy atom. The number of aliphatic carboxylic acids is 1. The molecule has 0 amide bonds. The minimum Gasteiger partial charge on any atom is -0.477 e. The molecule has 0 spiro atoms. The van der Waals surface area contributed by atoms with Crippen molar-refractivity contribution >= 4 is 45.6 Å². The number of hydrogen-bond donors (Lipinski definition) is 1. The van der Waals surface area contributed by atoms with Gasteiger partial charge in [0.05, 0.1) is 11.2 Å². The lowest BCUT2D eigenvalue weighted by molar-refractivity contribution is -0.132. The van der Waals surface area contributed by atoms with Gasteiger partial charge in [0.1, 0.15) is 11.6 Å². The Labute approximate surface area is 280 Å². The molecule has 3 aromatic heterocycles. The van der Waals surface area contributed by atoms with Crippen LogP contribution in [-0.4, -0.2) is 15.6 Å². The fourth-order valence-corrected chi connectivity index (χ4v) is 8.82. The summed E-state index contributed by atoms with van der Waals surface area (Å²) < 4.78 is 2.39. The van der Waals surface area contributed by atoms with E-state index in [1.165, 1.54) is 45.1 Å². The number of carbonyl (C=O) groups is 1. The number of fused-ring (bicyclic) bond motifs is 4. The summed E-state index contributed by atoms with van der Waals surface area (Å²) in [4.78, 5) is 15.3. The van der Waals surface area contributed by atoms with Crippen LogP contribution in [-0.2, 0) is 10.2 Å². The molecule has 0 saturated heterocycles. The lowest BCUT2D eigenvalue weighted by Gasteiger charge is -2.22. The van der Waals surface area contributed by atoms with Crippen molar-refractivity contribution in [2.24, 2.45) is 0 Å². The van der Waals surface area contributed by atoms with Gasteiger partial charge in [0, 0.05) is 36.0 Å². The molecular formula is C41H28N2O2S2. The van der Waals surface area contributed by atoms with Gasteiger partial charge in [-0.2, -0.15) is 5.26 Å². The molecule has 1 N–H and O–H groups in total. The molecule has 1 aliphatic rings. The van der Waals surface area contributed by atoms with Gasteiger partial charge in [-0.1, -0.05) is 80.6 Å². The van der Waals surface area contributed by atoms with Gasteiger partial charge in [-0.05, 0) is 94.1 Å². The smallest absolute Gasteiger partial charge is 0.346 e. The Bertz CT molecular complexity index is 2430. The predicted octanol–water partition coefficient (Wildman–Crippen LogP) is 11.1. The zero-order valence-corrected chi connectivity index (χ0v) is 27.3. The number of rotatable bonds is 6. The van der Waals surface area contributed by atoms with Crippen LogP contribution in [0.3, 0.4) is 0 Å². The van der Waals surface area contributed by atoms with Crippen molar-refractivity contribution in [2.45, 2.75) is 19.3 Å². The molecule has 3 heterocycles. The molecule has 0 unspecified atom stereocenters. The largest absolute Gasteiger partial charge is 0.477 e. The number of aromatic nitrogens is 1. The van der Waals surface area contributed by atoms with Crippen molar-refractivity contribution < 1.29 is 9.90 Å². The van der Waals surface area contributed by atoms with Gasteiger partial charge in [0.15, 0.2) is 0 Å². The van der Waals surface area contributed by atoms with Crippen LogP contribution < -0.4 is 0 Å². The van der Waals surface area contributed by atoms with Crippen molar-refractivity contribution in [3.63, 3.8) is 0 Å². The zero-order valence-electron chi connectivity index (χ0n) is 25.7. The van der Waals surface area contributed by atoms with Gasteiger partial charge >= 0.3 is 5.97 Å². The first kappa shape index (κ1) is 29.0. The molecule has 0 bridgehead atoms. The maximum Gasteiger partial charge on any atom is 0.346 e. The highest BCUT2D eigenvalue weighted by Gasteiger charge is 2.35. The van der Waals surface area contributed by atoms with Crippen LogP contribution in [0, 0.1) is 11.3 Å². The third-order valence-corrected chi connectivity index (χ3v) is 11.5. The van der Waals surface area contributed by atoms with Crippen LogP contribution in [0.2, 0.25) is 0 Å². The minimum absolute atomic E-state index is 0.0876. The van der Waals surface area contributed by atoms with E-state index in [0.717, 1.165) is 47.5 Å². The summed E-state index contributed by atoms with van der Waals surface area (Å²) in [5.41, 5.74) is 10.7. The number of carboxylic acid groups (broad SMARTS) is 1. The van der Waals surface area contributed by atoms with Crippen molar-refractivity contribution in [1.82, 2.24) is 4.57 Å². The van der Waals surface area contributed by atoms with Crippen molar-refractivity contribution in [1.29, 1.82) is 5.26 Å². The molecule has 47 heavy (non-hydrogen) atoms. The molecule has 226 valence electrons. The number of benzene rings is 4. The lowest BCUT2D eigenvalue weighted by Crippen LogP contribution is -2.15. The predicted molar refractivity (Wildman–Crippen MR) is 194 cm³/mol. The zero-order chi connectivity index (χ0) is 32.3. The van der Waals surface area contributed by atoms with Gasteiger partial charge < -0.3 is 9.67 Å². The van der Waals surface area contributed by atoms with Gasteiger partial charge in [-0.25, -0.2) is 4.79 Å². The normalized spacial score (nSPS) is 13.3. The average molecular weight is 645 g/mol. The second kappa shape index (κ2) is 11.1. The maximum absolute atomic E-state index is 11.3. The first-order valence-electron chi connectivity index (χ1n) is 15.3. The molecule has 4 nitrogen and oxygen atoms in total. The molecule has 1 aliphatic carbocycles. The van der Waals surface area contributed by atoms with E-state index in [9.17, 15) is 9.90 Å². The third-order valence-electron chi connectivity index (χ3n) is 9.09. The Kier molecular flexibility index (Phi) is 6.84. The summed E-state index contributed by atoms with van der Waals surface area (Å²) in [6.45, 7) is 4.64. The van der Waals surface area contributed by atoms with Crippen LogP contribution in [0.5, 0.6) is 0 Å². The first-order chi connectivity index (χ1) is 22.8. The van der Waals surface area contributed by atoms with E-state index < -0.39 is 5.97 Å². The van der Waals surface area contributed by atoms with E-state index in [0.29, 0.717) is 0 Å². The maximum atomic E-state index is 11.3. The van der Waals surface area contributed by atoms with Crippen LogP contribution >= 0.6 is 22.7 Å². The molecule has 0 saturated carbocycles. The summed E-state index contributed by atoms with van der Waals surface area (Å²) in [5, 5.41) is 19.5. The van der Waals surface area contributed by atoms with Crippen molar-refractivity contribution in [2.75, 3.05) is 0 Å². The number of nitrogens with zero attached hydrogens (tertiary/aromatic N) is 2. The van der Waals surface area contributed by atoms with Crippen LogP contribution in [0.4, 0.5) is 0 Å². The second-order valence-electron chi connectivity index (χ2n) is 12.2. The molecule has 0 aliphatic heterocycles. The van der Waals surface area contributed by atoms with Crippen molar-refractivity contribution in [3.05, 3.63) is 143 Å². The highest BCUT2D eigenvalue weighted by atomic mass is 32.1. The van der Waals surface area contributed by atoms with Crippen LogP contribution in [0.25, 0.3) is 65.2 Å². The fourth-order valence-electron chi connectivity index (χ4n) is 6.77. The Hall–Kier alpha value is -5.48. The third kappa shape index (κ3) is 4.83. The van der Waals surface area contributed by atoms with Gasteiger partial charge in [0.2, 0.25) is 0 Å². The SMILES string of the molecule is CC1(C)c2ccccc2-c2ccc(-n3c(-c4ccccc4)cc4cc(-c5ccc(-c6ccc(/C=C(/C#N)C(=O)O)s6)s5)ccc43)cc21. The summed E-state index contributed by atoms with van der Waals surface area (Å²) >= 11 is 3.18. The molecule has 8 rings (SSSR count). The number of nitriles is 1. The van der Waals surface area contributed by atoms with Gasteiger partial charge in [-0.15, -0.1) is 22.7 Å². The highest BCUT2D eigenvalue weighted by molar-refractivity contribution is 7.24. The van der Waals surface area contributed by atoms with Gasteiger partial charge in [0.25, 0.3) is 0 Å². The molecule has 7 aromatic rings. The van der Waals surface area contributed by atoms with E-state index in [2.05, 4.69) is 128 Å². The standard InChI is InChI=1S/C41H28N2O2S2/c1-41(2)33-11-7-6-10-31(33)32-15-13-29(23-34(32)41)43-35-16-12-26(20-27(35)22-36(43)25-8-4-3-5-9-25)37-18-19-39(47-37)38-17-14-30(46-38)21-28(24-42)40(44)45/h3-23H,1-2H3,(H,44,45)/b28-21-. The second-order valence-corrected chi connectivity index (χ2v) is 14.4. The monoisotopic (exact) mass is 644 g/mol. The first-order valence-corrected chi connectivity index (χ1v) is 17.0. The quantitative estimate of drug-likeness (QED) is 0.145. The number of thiophene rings is 2. The topological polar surface area (TPSA) is 66.0 Å². The number of carboxylic acids is 1. The Balaban J connectivity index is 1.21. The van der Waals surface area contributed by atoms with Crippen LogP contribution in [0.15, 0.2) is 127 Å². The average Bonchev–Trinajstić information content (AvgIpc) is 3.88. The summed E-state index contributed by atoms with van der Waals surface area (Å²) in [6, 6.07) is 45.1. The number of hydrogen-bond acceptors (Lipinski definition) is 4. The fraction of sp³-hybridized carbons (Fsp3) is 0.0732. The Morgan fingerprint density at radius 3 is 2.28 bits per heavy atom. The minimum atomic E-state index is -1.22.